The largest absolute Gasteiger partial charge is 0.493 e. The van der Waals surface area contributed by atoms with E-state index >= 15 is 0 Å². The van der Waals surface area contributed by atoms with Gasteiger partial charge in [-0.3, -0.25) is 9.59 Å². The number of hydrogen-bond donors (Lipinski definition) is 0. The van der Waals surface area contributed by atoms with E-state index in [0.29, 0.717) is 60.5 Å². The molecule has 0 saturated carbocycles. The number of rotatable bonds is 5. The molecule has 0 radical (unpaired) electrons. The van der Waals surface area contributed by atoms with Gasteiger partial charge in [-0.25, -0.2) is 0 Å². The Labute approximate surface area is 186 Å². The van der Waals surface area contributed by atoms with Crippen LogP contribution in [0.1, 0.15) is 10.4 Å². The van der Waals surface area contributed by atoms with Crippen molar-refractivity contribution < 1.29 is 33.3 Å². The average molecular weight is 442 g/mol. The van der Waals surface area contributed by atoms with Gasteiger partial charge in [0.25, 0.3) is 11.8 Å². The van der Waals surface area contributed by atoms with Gasteiger partial charge in [0.1, 0.15) is 6.61 Å². The summed E-state index contributed by atoms with van der Waals surface area (Å²) in [7, 11) is 4.52. The van der Waals surface area contributed by atoms with Gasteiger partial charge in [-0.1, -0.05) is 12.1 Å². The van der Waals surface area contributed by atoms with Crippen molar-refractivity contribution in [3.8, 4) is 28.7 Å². The first kappa shape index (κ1) is 21.6. The van der Waals surface area contributed by atoms with Gasteiger partial charge in [0.2, 0.25) is 11.9 Å². The highest BCUT2D eigenvalue weighted by Crippen LogP contribution is 2.38. The monoisotopic (exact) mass is 442 g/mol. The Kier molecular flexibility index (Phi) is 6.25. The number of ether oxygens (including phenoxy) is 5. The number of hydrogen-bond acceptors (Lipinski definition) is 7. The number of para-hydroxylation sites is 2. The SMILES string of the molecule is COc1cc(C(=O)N2CCN(C(=O)C3COc4ccccc4O3)CC2)cc(OC)c1OC. The summed E-state index contributed by atoms with van der Waals surface area (Å²) in [6, 6.07) is 10.5. The number of nitrogens with zero attached hydrogens (tertiary/aromatic N) is 2. The summed E-state index contributed by atoms with van der Waals surface area (Å²) >= 11 is 0. The van der Waals surface area contributed by atoms with E-state index in [4.69, 9.17) is 23.7 Å². The lowest BCUT2D eigenvalue weighted by Gasteiger charge is -2.37. The molecule has 9 nitrogen and oxygen atoms in total. The molecule has 170 valence electrons. The number of carbonyl (C=O) groups excluding carboxylic acids is 2. The predicted octanol–water partition coefficient (Wildman–Crippen LogP) is 1.84. The van der Waals surface area contributed by atoms with Crippen LogP contribution in [0.5, 0.6) is 28.7 Å². The third-order valence-electron chi connectivity index (χ3n) is 5.57. The second-order valence-electron chi connectivity index (χ2n) is 7.40. The van der Waals surface area contributed by atoms with Crippen molar-refractivity contribution >= 4 is 11.8 Å². The molecule has 1 fully saturated rings. The van der Waals surface area contributed by atoms with Crippen molar-refractivity contribution in [2.45, 2.75) is 6.10 Å². The molecule has 9 heteroatoms. The van der Waals surface area contributed by atoms with Crippen molar-refractivity contribution in [1.29, 1.82) is 0 Å². The van der Waals surface area contributed by atoms with Gasteiger partial charge in [0.05, 0.1) is 21.3 Å². The molecule has 1 atom stereocenters. The van der Waals surface area contributed by atoms with Crippen molar-refractivity contribution in [1.82, 2.24) is 9.80 Å². The Morgan fingerprint density at radius 2 is 1.47 bits per heavy atom. The van der Waals surface area contributed by atoms with Gasteiger partial charge in [0, 0.05) is 31.7 Å². The lowest BCUT2D eigenvalue weighted by Crippen LogP contribution is -2.55. The molecular weight excluding hydrogens is 416 g/mol. The smallest absolute Gasteiger partial charge is 0.267 e. The molecule has 0 aliphatic carbocycles. The number of fused-ring (bicyclic) bond motifs is 1. The first-order valence-electron chi connectivity index (χ1n) is 10.3. The summed E-state index contributed by atoms with van der Waals surface area (Å²) in [4.78, 5) is 29.4. The predicted molar refractivity (Wildman–Crippen MR) is 115 cm³/mol. The quantitative estimate of drug-likeness (QED) is 0.698. The van der Waals surface area contributed by atoms with E-state index in [0.717, 1.165) is 0 Å². The fraction of sp³-hybridized carbons (Fsp3) is 0.391. The number of piperazine rings is 1. The lowest BCUT2D eigenvalue weighted by molar-refractivity contribution is -0.142. The second-order valence-corrected chi connectivity index (χ2v) is 7.40. The third-order valence-corrected chi connectivity index (χ3v) is 5.57. The molecule has 0 N–H and O–H groups in total. The average Bonchev–Trinajstić information content (AvgIpc) is 2.86. The van der Waals surface area contributed by atoms with Crippen LogP contribution in [0.15, 0.2) is 36.4 Å². The van der Waals surface area contributed by atoms with E-state index in [2.05, 4.69) is 0 Å². The Hall–Kier alpha value is -3.62. The van der Waals surface area contributed by atoms with Crippen molar-refractivity contribution in [3.05, 3.63) is 42.0 Å². The zero-order chi connectivity index (χ0) is 22.7. The summed E-state index contributed by atoms with van der Waals surface area (Å²) < 4.78 is 27.5. The minimum absolute atomic E-state index is 0.139. The molecule has 0 spiro atoms. The van der Waals surface area contributed by atoms with Gasteiger partial charge in [-0.05, 0) is 24.3 Å². The number of carbonyl (C=O) groups is 2. The fourth-order valence-corrected chi connectivity index (χ4v) is 3.86. The van der Waals surface area contributed by atoms with Gasteiger partial charge in [-0.2, -0.15) is 0 Å². The molecule has 1 saturated heterocycles. The van der Waals surface area contributed by atoms with Crippen molar-refractivity contribution in [2.75, 3.05) is 54.1 Å². The standard InChI is InChI=1S/C23H26N2O7/c1-28-18-12-15(13-19(29-2)21(18)30-3)22(26)24-8-10-25(11-9-24)23(27)20-14-31-16-6-4-5-7-17(16)32-20/h4-7,12-13,20H,8-11,14H2,1-3H3. The highest BCUT2D eigenvalue weighted by molar-refractivity contribution is 5.96. The molecule has 2 aliphatic heterocycles. The maximum Gasteiger partial charge on any atom is 0.267 e. The van der Waals surface area contributed by atoms with E-state index in [1.54, 1.807) is 28.0 Å². The summed E-state index contributed by atoms with van der Waals surface area (Å²) in [6.45, 7) is 1.81. The van der Waals surface area contributed by atoms with Gasteiger partial charge < -0.3 is 33.5 Å². The Bertz CT molecular complexity index is 977. The molecule has 0 bridgehead atoms. The Balaban J connectivity index is 1.39. The number of methoxy groups -OCH3 is 3. The highest BCUT2D eigenvalue weighted by Gasteiger charge is 2.34. The van der Waals surface area contributed by atoms with Gasteiger partial charge in [-0.15, -0.1) is 0 Å². The summed E-state index contributed by atoms with van der Waals surface area (Å²) in [5, 5.41) is 0. The first-order chi connectivity index (χ1) is 15.5. The van der Waals surface area contributed by atoms with Crippen LogP contribution >= 0.6 is 0 Å². The molecule has 1 unspecified atom stereocenters. The van der Waals surface area contributed by atoms with Crippen LogP contribution in [0.2, 0.25) is 0 Å². The maximum atomic E-state index is 13.1. The molecular formula is C23H26N2O7. The van der Waals surface area contributed by atoms with E-state index < -0.39 is 6.10 Å². The minimum atomic E-state index is -0.692. The highest BCUT2D eigenvalue weighted by atomic mass is 16.6. The molecule has 2 amide bonds. The normalized spacial score (nSPS) is 17.5. The summed E-state index contributed by atoms with van der Waals surface area (Å²) in [6.07, 6.45) is -0.692. The van der Waals surface area contributed by atoms with Crippen LogP contribution in [0.25, 0.3) is 0 Å². The number of benzene rings is 2. The van der Waals surface area contributed by atoms with E-state index in [-0.39, 0.29) is 18.4 Å². The van der Waals surface area contributed by atoms with Crippen LogP contribution in [0.4, 0.5) is 0 Å². The number of amides is 2. The van der Waals surface area contributed by atoms with Crippen molar-refractivity contribution in [2.24, 2.45) is 0 Å². The van der Waals surface area contributed by atoms with E-state index in [9.17, 15) is 9.59 Å². The molecule has 2 aromatic rings. The first-order valence-corrected chi connectivity index (χ1v) is 10.3. The summed E-state index contributed by atoms with van der Waals surface area (Å²) in [5.74, 6) is 2.16. The van der Waals surface area contributed by atoms with E-state index in [1.165, 1.54) is 21.3 Å². The summed E-state index contributed by atoms with van der Waals surface area (Å²) in [5.41, 5.74) is 0.430. The van der Waals surface area contributed by atoms with Crippen LogP contribution in [-0.4, -0.2) is 81.8 Å². The Morgan fingerprint density at radius 3 is 2.06 bits per heavy atom. The lowest BCUT2D eigenvalue weighted by atomic mass is 10.1. The van der Waals surface area contributed by atoms with E-state index in [1.807, 2.05) is 18.2 Å². The maximum absolute atomic E-state index is 13.1. The second kappa shape index (κ2) is 9.25. The molecule has 32 heavy (non-hydrogen) atoms. The van der Waals surface area contributed by atoms with Crippen molar-refractivity contribution in [3.63, 3.8) is 0 Å². The molecule has 2 aromatic carbocycles. The molecule has 2 aliphatic rings. The van der Waals surface area contributed by atoms with Gasteiger partial charge in [0.15, 0.2) is 23.0 Å². The Morgan fingerprint density at radius 1 is 0.875 bits per heavy atom. The molecule has 2 heterocycles. The van der Waals surface area contributed by atoms with Crippen LogP contribution in [0, 0.1) is 0 Å². The van der Waals surface area contributed by atoms with Crippen LogP contribution in [0.3, 0.4) is 0 Å². The van der Waals surface area contributed by atoms with Crippen LogP contribution in [-0.2, 0) is 4.79 Å². The van der Waals surface area contributed by atoms with Crippen LogP contribution < -0.4 is 23.7 Å². The fourth-order valence-electron chi connectivity index (χ4n) is 3.86. The topological polar surface area (TPSA) is 86.8 Å². The zero-order valence-electron chi connectivity index (χ0n) is 18.3. The third kappa shape index (κ3) is 4.10. The minimum Gasteiger partial charge on any atom is -0.493 e. The van der Waals surface area contributed by atoms with Gasteiger partial charge >= 0.3 is 0 Å². The molecule has 0 aromatic heterocycles. The zero-order valence-corrected chi connectivity index (χ0v) is 18.3. The molecule has 4 rings (SSSR count).